The standard InChI is InChI=1S/C13H16ClN/c14-12-7-10-3-1-2-4-11(10)13(12)15-8-9-5-6-9/h1-4,9,12-13,15H,5-8H2. The average molecular weight is 222 g/mol. The van der Waals surface area contributed by atoms with Crippen molar-refractivity contribution in [3.8, 4) is 0 Å². The lowest BCUT2D eigenvalue weighted by molar-refractivity contribution is 0.517. The van der Waals surface area contributed by atoms with Gasteiger partial charge in [0, 0.05) is 6.04 Å². The van der Waals surface area contributed by atoms with Gasteiger partial charge in [-0.1, -0.05) is 24.3 Å². The number of rotatable bonds is 3. The van der Waals surface area contributed by atoms with E-state index in [4.69, 9.17) is 11.6 Å². The SMILES string of the molecule is ClC1Cc2ccccc2C1NCC1CC1. The highest BCUT2D eigenvalue weighted by atomic mass is 35.5. The molecule has 0 aromatic heterocycles. The predicted molar refractivity (Wildman–Crippen MR) is 63.3 cm³/mol. The Bertz CT molecular complexity index is 359. The van der Waals surface area contributed by atoms with Crippen LogP contribution in [0.15, 0.2) is 24.3 Å². The summed E-state index contributed by atoms with van der Waals surface area (Å²) >= 11 is 6.38. The Labute approximate surface area is 95.8 Å². The van der Waals surface area contributed by atoms with Gasteiger partial charge in [0.25, 0.3) is 0 Å². The number of benzene rings is 1. The number of nitrogens with one attached hydrogen (secondary N) is 1. The molecule has 0 heterocycles. The van der Waals surface area contributed by atoms with Gasteiger partial charge < -0.3 is 5.32 Å². The highest BCUT2D eigenvalue weighted by Gasteiger charge is 2.32. The molecule has 2 unspecified atom stereocenters. The number of halogens is 1. The average Bonchev–Trinajstić information content (AvgIpc) is 3.00. The van der Waals surface area contributed by atoms with E-state index >= 15 is 0 Å². The van der Waals surface area contributed by atoms with E-state index in [1.54, 1.807) is 0 Å². The summed E-state index contributed by atoms with van der Waals surface area (Å²) in [5.74, 6) is 0.918. The monoisotopic (exact) mass is 221 g/mol. The molecule has 2 aliphatic rings. The molecule has 0 radical (unpaired) electrons. The molecule has 1 aromatic carbocycles. The summed E-state index contributed by atoms with van der Waals surface area (Å²) in [5, 5.41) is 3.85. The summed E-state index contributed by atoms with van der Waals surface area (Å²) in [7, 11) is 0. The maximum absolute atomic E-state index is 6.38. The van der Waals surface area contributed by atoms with Crippen LogP contribution in [0.2, 0.25) is 0 Å². The lowest BCUT2D eigenvalue weighted by Gasteiger charge is -2.17. The molecule has 0 saturated heterocycles. The van der Waals surface area contributed by atoms with E-state index in [1.807, 2.05) is 0 Å². The second kappa shape index (κ2) is 3.80. The van der Waals surface area contributed by atoms with Crippen molar-refractivity contribution in [2.75, 3.05) is 6.54 Å². The zero-order valence-corrected chi connectivity index (χ0v) is 9.50. The summed E-state index contributed by atoms with van der Waals surface area (Å²) in [6, 6.07) is 9.00. The molecule has 80 valence electrons. The molecule has 2 aliphatic carbocycles. The van der Waals surface area contributed by atoms with Crippen molar-refractivity contribution in [2.45, 2.75) is 30.7 Å². The fourth-order valence-corrected chi connectivity index (χ4v) is 2.79. The summed E-state index contributed by atoms with van der Waals surface area (Å²) in [4.78, 5) is 0. The molecule has 0 bridgehead atoms. The first kappa shape index (κ1) is 9.68. The van der Waals surface area contributed by atoms with Gasteiger partial charge in [-0.05, 0) is 42.9 Å². The zero-order valence-electron chi connectivity index (χ0n) is 8.75. The minimum Gasteiger partial charge on any atom is -0.308 e. The second-order valence-corrected chi connectivity index (χ2v) is 5.31. The molecule has 1 fully saturated rings. The normalized spacial score (nSPS) is 29.1. The number of hydrogen-bond acceptors (Lipinski definition) is 1. The van der Waals surface area contributed by atoms with Crippen molar-refractivity contribution >= 4 is 11.6 Å². The Kier molecular flexibility index (Phi) is 2.45. The zero-order chi connectivity index (χ0) is 10.3. The summed E-state index contributed by atoms with van der Waals surface area (Å²) in [6.45, 7) is 1.14. The minimum atomic E-state index is 0.237. The molecule has 1 N–H and O–H groups in total. The molecular formula is C13H16ClN. The first-order chi connectivity index (χ1) is 7.34. The van der Waals surface area contributed by atoms with Crippen LogP contribution in [0.5, 0.6) is 0 Å². The largest absolute Gasteiger partial charge is 0.308 e. The molecule has 1 nitrogen and oxygen atoms in total. The van der Waals surface area contributed by atoms with Gasteiger partial charge in [-0.15, -0.1) is 11.6 Å². The van der Waals surface area contributed by atoms with E-state index in [-0.39, 0.29) is 5.38 Å². The predicted octanol–water partition coefficient (Wildman–Crippen LogP) is 2.89. The second-order valence-electron chi connectivity index (χ2n) is 4.75. The Hall–Kier alpha value is -0.530. The number of fused-ring (bicyclic) bond motifs is 1. The lowest BCUT2D eigenvalue weighted by atomic mass is 10.1. The van der Waals surface area contributed by atoms with E-state index in [9.17, 15) is 0 Å². The highest BCUT2D eigenvalue weighted by molar-refractivity contribution is 6.21. The quantitative estimate of drug-likeness (QED) is 0.774. The molecule has 2 atom stereocenters. The molecule has 0 amide bonds. The highest BCUT2D eigenvalue weighted by Crippen LogP contribution is 2.36. The van der Waals surface area contributed by atoms with Crippen LogP contribution in [0.4, 0.5) is 0 Å². The Morgan fingerprint density at radius 2 is 2.07 bits per heavy atom. The third kappa shape index (κ3) is 1.91. The van der Waals surface area contributed by atoms with Gasteiger partial charge in [-0.25, -0.2) is 0 Å². The maximum atomic E-state index is 6.38. The van der Waals surface area contributed by atoms with Gasteiger partial charge >= 0.3 is 0 Å². The third-order valence-corrected chi connectivity index (χ3v) is 3.90. The van der Waals surface area contributed by atoms with Crippen LogP contribution >= 0.6 is 11.6 Å². The minimum absolute atomic E-state index is 0.237. The molecule has 15 heavy (non-hydrogen) atoms. The fourth-order valence-electron chi connectivity index (χ4n) is 2.40. The third-order valence-electron chi connectivity index (χ3n) is 3.49. The van der Waals surface area contributed by atoms with Crippen LogP contribution in [0.25, 0.3) is 0 Å². The summed E-state index contributed by atoms with van der Waals surface area (Å²) < 4.78 is 0. The van der Waals surface area contributed by atoms with Gasteiger partial charge in [0.2, 0.25) is 0 Å². The van der Waals surface area contributed by atoms with Crippen molar-refractivity contribution in [1.29, 1.82) is 0 Å². The van der Waals surface area contributed by atoms with Crippen LogP contribution < -0.4 is 5.32 Å². The molecule has 3 rings (SSSR count). The van der Waals surface area contributed by atoms with Crippen LogP contribution in [-0.4, -0.2) is 11.9 Å². The molecule has 0 spiro atoms. The topological polar surface area (TPSA) is 12.0 Å². The maximum Gasteiger partial charge on any atom is 0.0571 e. The van der Waals surface area contributed by atoms with E-state index in [1.165, 1.54) is 24.0 Å². The molecule has 0 aliphatic heterocycles. The van der Waals surface area contributed by atoms with Gasteiger partial charge in [0.1, 0.15) is 0 Å². The number of hydrogen-bond donors (Lipinski definition) is 1. The van der Waals surface area contributed by atoms with Crippen molar-refractivity contribution in [3.05, 3.63) is 35.4 Å². The lowest BCUT2D eigenvalue weighted by Crippen LogP contribution is -2.27. The van der Waals surface area contributed by atoms with Gasteiger partial charge in [-0.2, -0.15) is 0 Å². The molecular weight excluding hydrogens is 206 g/mol. The van der Waals surface area contributed by atoms with Crippen LogP contribution in [0, 0.1) is 5.92 Å². The van der Waals surface area contributed by atoms with E-state index in [2.05, 4.69) is 29.6 Å². The Balaban J connectivity index is 1.75. The van der Waals surface area contributed by atoms with Crippen LogP contribution in [-0.2, 0) is 6.42 Å². The number of alkyl halides is 1. The Morgan fingerprint density at radius 3 is 2.87 bits per heavy atom. The molecule has 1 aromatic rings. The molecule has 2 heteroatoms. The van der Waals surface area contributed by atoms with Crippen LogP contribution in [0.1, 0.15) is 30.0 Å². The van der Waals surface area contributed by atoms with E-state index in [0.29, 0.717) is 6.04 Å². The van der Waals surface area contributed by atoms with Crippen molar-refractivity contribution in [3.63, 3.8) is 0 Å². The first-order valence-corrected chi connectivity index (χ1v) is 6.23. The summed E-state index contributed by atoms with van der Waals surface area (Å²) in [5.41, 5.74) is 2.84. The van der Waals surface area contributed by atoms with Gasteiger partial charge in [-0.3, -0.25) is 0 Å². The van der Waals surface area contributed by atoms with E-state index in [0.717, 1.165) is 18.9 Å². The van der Waals surface area contributed by atoms with Gasteiger partial charge in [0.05, 0.1) is 5.38 Å². The van der Waals surface area contributed by atoms with Crippen molar-refractivity contribution in [1.82, 2.24) is 5.32 Å². The fraction of sp³-hybridized carbons (Fsp3) is 0.538. The summed E-state index contributed by atoms with van der Waals surface area (Å²) in [6.07, 6.45) is 3.81. The van der Waals surface area contributed by atoms with Gasteiger partial charge in [0.15, 0.2) is 0 Å². The Morgan fingerprint density at radius 1 is 1.27 bits per heavy atom. The van der Waals surface area contributed by atoms with Crippen molar-refractivity contribution in [2.24, 2.45) is 5.92 Å². The smallest absolute Gasteiger partial charge is 0.0571 e. The van der Waals surface area contributed by atoms with E-state index < -0.39 is 0 Å². The molecule has 1 saturated carbocycles. The van der Waals surface area contributed by atoms with Crippen molar-refractivity contribution < 1.29 is 0 Å². The first-order valence-electron chi connectivity index (χ1n) is 5.80. The van der Waals surface area contributed by atoms with Crippen LogP contribution in [0.3, 0.4) is 0 Å².